The number of alkyl halides is 2. The summed E-state index contributed by atoms with van der Waals surface area (Å²) >= 11 is 1.07. The number of nitrogens with zero attached hydrogens (tertiary/aromatic N) is 1. The number of aromatic nitrogens is 1. The van der Waals surface area contributed by atoms with Crippen LogP contribution in [0.4, 0.5) is 8.78 Å². The van der Waals surface area contributed by atoms with E-state index in [1.54, 1.807) is 6.07 Å². The molecule has 0 fully saturated rings. The van der Waals surface area contributed by atoms with Gasteiger partial charge in [-0.3, -0.25) is 4.79 Å². The highest BCUT2D eigenvalue weighted by Crippen LogP contribution is 2.43. The normalized spacial score (nSPS) is 15.5. The van der Waals surface area contributed by atoms with Gasteiger partial charge in [0.05, 0.1) is 6.20 Å². The number of fused-ring (bicyclic) bond motifs is 1. The van der Waals surface area contributed by atoms with Crippen molar-refractivity contribution in [3.63, 3.8) is 0 Å². The van der Waals surface area contributed by atoms with E-state index >= 15 is 0 Å². The predicted molar refractivity (Wildman–Crippen MR) is 62.3 cm³/mol. The van der Waals surface area contributed by atoms with Gasteiger partial charge in [-0.2, -0.15) is 0 Å². The van der Waals surface area contributed by atoms with Crippen LogP contribution in [-0.2, 0) is 0 Å². The van der Waals surface area contributed by atoms with Crippen molar-refractivity contribution < 1.29 is 23.0 Å². The van der Waals surface area contributed by atoms with Crippen LogP contribution in [0.5, 0.6) is 11.5 Å². The molecule has 2 N–H and O–H groups in total. The summed E-state index contributed by atoms with van der Waals surface area (Å²) in [7, 11) is 0. The maximum Gasteiger partial charge on any atom is 0.586 e. The quantitative estimate of drug-likeness (QED) is 0.917. The topological polar surface area (TPSA) is 74.4 Å². The van der Waals surface area contributed by atoms with E-state index in [1.165, 1.54) is 18.3 Å². The van der Waals surface area contributed by atoms with Crippen molar-refractivity contribution >= 4 is 17.2 Å². The summed E-state index contributed by atoms with van der Waals surface area (Å²) in [6.45, 7) is 0. The molecule has 0 spiro atoms. The van der Waals surface area contributed by atoms with E-state index in [1.807, 2.05) is 0 Å². The number of hydrogen-bond acceptors (Lipinski definition) is 5. The number of halogens is 2. The average Bonchev–Trinajstić information content (AvgIpc) is 2.89. The standard InChI is InChI=1S/C11H6F2N2O3S/c12-11(13)17-6-2-1-5(3-7(6)18-11)10-15-4-8(19-10)9(14)16/h1-4H,(H2,14,16). The molecule has 1 amide bonds. The molecule has 2 heterocycles. The van der Waals surface area contributed by atoms with Crippen LogP contribution < -0.4 is 15.2 Å². The molecule has 5 nitrogen and oxygen atoms in total. The lowest BCUT2D eigenvalue weighted by molar-refractivity contribution is -0.286. The van der Waals surface area contributed by atoms with Crippen LogP contribution in [0, 0.1) is 0 Å². The van der Waals surface area contributed by atoms with Gasteiger partial charge in [0.25, 0.3) is 5.91 Å². The molecule has 0 aliphatic carbocycles. The van der Waals surface area contributed by atoms with Crippen molar-refractivity contribution in [3.8, 4) is 22.1 Å². The van der Waals surface area contributed by atoms with Crippen LogP contribution in [0.25, 0.3) is 10.6 Å². The van der Waals surface area contributed by atoms with Gasteiger partial charge in [0.15, 0.2) is 11.5 Å². The summed E-state index contributed by atoms with van der Waals surface area (Å²) in [6.07, 6.45) is -2.32. The zero-order valence-electron chi connectivity index (χ0n) is 9.22. The molecular formula is C11H6F2N2O3S. The van der Waals surface area contributed by atoms with Gasteiger partial charge >= 0.3 is 6.29 Å². The van der Waals surface area contributed by atoms with Crippen molar-refractivity contribution in [2.45, 2.75) is 6.29 Å². The molecule has 0 saturated carbocycles. The van der Waals surface area contributed by atoms with Crippen molar-refractivity contribution in [1.29, 1.82) is 0 Å². The third kappa shape index (κ3) is 2.10. The molecule has 1 aliphatic rings. The van der Waals surface area contributed by atoms with E-state index in [0.29, 0.717) is 10.6 Å². The van der Waals surface area contributed by atoms with Gasteiger partial charge in [-0.25, -0.2) is 4.98 Å². The molecule has 1 aliphatic heterocycles. The van der Waals surface area contributed by atoms with Gasteiger partial charge in [0.1, 0.15) is 9.88 Å². The number of hydrogen-bond donors (Lipinski definition) is 1. The molecule has 2 aromatic rings. The number of carbonyl (C=O) groups is 1. The minimum Gasteiger partial charge on any atom is -0.395 e. The monoisotopic (exact) mass is 284 g/mol. The Morgan fingerprint density at radius 1 is 1.32 bits per heavy atom. The molecule has 19 heavy (non-hydrogen) atoms. The molecule has 8 heteroatoms. The maximum absolute atomic E-state index is 12.9. The molecule has 0 saturated heterocycles. The second-order valence-electron chi connectivity index (χ2n) is 3.72. The number of rotatable bonds is 2. The predicted octanol–water partition coefficient (Wildman–Crippen LogP) is 2.23. The number of nitrogens with two attached hydrogens (primary N) is 1. The van der Waals surface area contributed by atoms with Gasteiger partial charge < -0.3 is 15.2 Å². The summed E-state index contributed by atoms with van der Waals surface area (Å²) in [6, 6.07) is 4.28. The molecule has 0 atom stereocenters. The molecule has 3 rings (SSSR count). The van der Waals surface area contributed by atoms with Crippen LogP contribution in [0.3, 0.4) is 0 Å². The van der Waals surface area contributed by atoms with E-state index in [4.69, 9.17) is 5.73 Å². The van der Waals surface area contributed by atoms with Crippen molar-refractivity contribution in [3.05, 3.63) is 29.3 Å². The zero-order chi connectivity index (χ0) is 13.6. The first-order valence-electron chi connectivity index (χ1n) is 5.10. The van der Waals surface area contributed by atoms with Crippen molar-refractivity contribution in [2.24, 2.45) is 5.73 Å². The van der Waals surface area contributed by atoms with Gasteiger partial charge in [-0.05, 0) is 18.2 Å². The first-order valence-corrected chi connectivity index (χ1v) is 5.92. The molecule has 0 radical (unpaired) electrons. The Morgan fingerprint density at radius 2 is 2.05 bits per heavy atom. The smallest absolute Gasteiger partial charge is 0.395 e. The number of amides is 1. The fourth-order valence-corrected chi connectivity index (χ4v) is 2.37. The van der Waals surface area contributed by atoms with E-state index in [0.717, 1.165) is 11.3 Å². The maximum atomic E-state index is 12.9. The Bertz CT molecular complexity index is 672. The molecule has 98 valence electrons. The van der Waals surface area contributed by atoms with Crippen molar-refractivity contribution in [1.82, 2.24) is 4.98 Å². The number of thiazole rings is 1. The van der Waals surface area contributed by atoms with Crippen LogP contribution in [0.2, 0.25) is 0 Å². The fraction of sp³-hybridized carbons (Fsp3) is 0.0909. The van der Waals surface area contributed by atoms with E-state index in [-0.39, 0.29) is 16.4 Å². The van der Waals surface area contributed by atoms with Gasteiger partial charge in [-0.15, -0.1) is 20.1 Å². The molecule has 0 bridgehead atoms. The van der Waals surface area contributed by atoms with Crippen LogP contribution in [0.15, 0.2) is 24.4 Å². The highest BCUT2D eigenvalue weighted by atomic mass is 32.1. The lowest BCUT2D eigenvalue weighted by Crippen LogP contribution is -2.25. The number of ether oxygens (including phenoxy) is 2. The average molecular weight is 284 g/mol. The number of primary amides is 1. The third-order valence-corrected chi connectivity index (χ3v) is 3.46. The minimum absolute atomic E-state index is 0.0413. The number of benzene rings is 1. The first kappa shape index (κ1) is 11.8. The molecule has 1 aromatic carbocycles. The lowest BCUT2D eigenvalue weighted by atomic mass is 10.2. The molecular weight excluding hydrogens is 278 g/mol. The second-order valence-corrected chi connectivity index (χ2v) is 4.75. The van der Waals surface area contributed by atoms with Crippen molar-refractivity contribution in [2.75, 3.05) is 0 Å². The Labute approximate surface area is 109 Å². The second kappa shape index (κ2) is 3.89. The summed E-state index contributed by atoms with van der Waals surface area (Å²) < 4.78 is 34.3. The molecule has 1 aromatic heterocycles. The SMILES string of the molecule is NC(=O)c1cnc(-c2ccc3c(c2)OC(F)(F)O3)s1. The van der Waals surface area contributed by atoms with E-state index in [9.17, 15) is 13.6 Å². The third-order valence-electron chi connectivity index (χ3n) is 2.40. The zero-order valence-corrected chi connectivity index (χ0v) is 10.0. The fourth-order valence-electron chi connectivity index (χ4n) is 1.60. The van der Waals surface area contributed by atoms with Crippen LogP contribution in [0.1, 0.15) is 9.67 Å². The highest BCUT2D eigenvalue weighted by molar-refractivity contribution is 7.16. The van der Waals surface area contributed by atoms with Gasteiger partial charge in [-0.1, -0.05) is 0 Å². The Kier molecular flexibility index (Phi) is 2.42. The minimum atomic E-state index is -3.65. The number of carbonyl (C=O) groups excluding carboxylic acids is 1. The largest absolute Gasteiger partial charge is 0.586 e. The summed E-state index contributed by atoms with van der Waals surface area (Å²) in [4.78, 5) is 15.3. The summed E-state index contributed by atoms with van der Waals surface area (Å²) in [5.41, 5.74) is 5.66. The Balaban J connectivity index is 1.97. The van der Waals surface area contributed by atoms with E-state index < -0.39 is 12.2 Å². The Hall–Kier alpha value is -2.22. The van der Waals surface area contributed by atoms with Gasteiger partial charge in [0.2, 0.25) is 0 Å². The Morgan fingerprint density at radius 3 is 2.74 bits per heavy atom. The lowest BCUT2D eigenvalue weighted by Gasteiger charge is -2.04. The van der Waals surface area contributed by atoms with Crippen LogP contribution >= 0.6 is 11.3 Å². The van der Waals surface area contributed by atoms with Gasteiger partial charge in [0, 0.05) is 5.56 Å². The summed E-state index contributed by atoms with van der Waals surface area (Å²) in [5, 5.41) is 0.482. The van der Waals surface area contributed by atoms with Crippen LogP contribution in [-0.4, -0.2) is 17.2 Å². The molecule has 0 unspecified atom stereocenters. The highest BCUT2D eigenvalue weighted by Gasteiger charge is 2.43. The first-order chi connectivity index (χ1) is 8.94. The summed E-state index contributed by atoms with van der Waals surface area (Å²) in [5.74, 6) is -0.699. The van der Waals surface area contributed by atoms with E-state index in [2.05, 4.69) is 14.5 Å².